The summed E-state index contributed by atoms with van der Waals surface area (Å²) in [5.41, 5.74) is 9.97. The summed E-state index contributed by atoms with van der Waals surface area (Å²) in [6.07, 6.45) is 1.51. The zero-order valence-electron chi connectivity index (χ0n) is 14.9. The monoisotopic (exact) mass is 397 g/mol. The molecule has 0 aliphatic carbocycles. The third-order valence-electron chi connectivity index (χ3n) is 4.68. The minimum absolute atomic E-state index is 0.00372. The van der Waals surface area contributed by atoms with Gasteiger partial charge in [0.2, 0.25) is 0 Å². The highest BCUT2D eigenvalue weighted by Gasteiger charge is 2.17. The molecule has 0 unspecified atom stereocenters. The second kappa shape index (κ2) is 7.50. The summed E-state index contributed by atoms with van der Waals surface area (Å²) in [5, 5.41) is 13.4. The van der Waals surface area contributed by atoms with E-state index in [2.05, 4.69) is 21.3 Å². The molecule has 2 heterocycles. The molecule has 0 saturated carbocycles. The first-order chi connectivity index (χ1) is 13.6. The van der Waals surface area contributed by atoms with Crippen LogP contribution in [0, 0.1) is 17.1 Å². The minimum atomic E-state index is -0.508. The Morgan fingerprint density at radius 3 is 2.75 bits per heavy atom. The first-order valence-corrected chi connectivity index (χ1v) is 9.11. The van der Waals surface area contributed by atoms with Crippen LogP contribution in [0.1, 0.15) is 5.56 Å². The predicted octanol–water partition coefficient (Wildman–Crippen LogP) is 4.06. The lowest BCUT2D eigenvalue weighted by molar-refractivity contribution is 0.123. The molecule has 4 rings (SSSR count). The summed E-state index contributed by atoms with van der Waals surface area (Å²) in [4.78, 5) is 6.58. The second-order valence-corrected chi connectivity index (χ2v) is 6.85. The van der Waals surface area contributed by atoms with E-state index in [-0.39, 0.29) is 5.02 Å². The van der Waals surface area contributed by atoms with Crippen LogP contribution in [0.25, 0.3) is 10.9 Å². The van der Waals surface area contributed by atoms with Gasteiger partial charge in [-0.05, 0) is 30.3 Å². The number of ether oxygens (including phenoxy) is 1. The highest BCUT2D eigenvalue weighted by Crippen LogP contribution is 2.35. The molecule has 1 aliphatic heterocycles. The zero-order chi connectivity index (χ0) is 19.7. The highest BCUT2D eigenvalue weighted by atomic mass is 35.5. The standard InChI is InChI=1S/C20H17ClFN5O/c21-15-7-13(1-2-16(15)22)26-20-12(10-23)11-25-18-9-19(17(24)8-14(18)20)27-3-5-28-6-4-27/h1-2,7-9,11H,3-6,24H2,(H,25,26). The van der Waals surface area contributed by atoms with Crippen molar-refractivity contribution in [3.05, 3.63) is 52.9 Å². The van der Waals surface area contributed by atoms with Crippen molar-refractivity contribution in [2.45, 2.75) is 0 Å². The number of nitrogens with zero attached hydrogens (tertiary/aromatic N) is 3. The Hall–Kier alpha value is -3.08. The van der Waals surface area contributed by atoms with E-state index in [1.54, 1.807) is 12.1 Å². The van der Waals surface area contributed by atoms with Gasteiger partial charge in [0, 0.05) is 30.4 Å². The van der Waals surface area contributed by atoms with E-state index in [1.165, 1.54) is 18.3 Å². The normalized spacial score (nSPS) is 14.1. The van der Waals surface area contributed by atoms with Crippen molar-refractivity contribution in [3.8, 4) is 6.07 Å². The average Bonchev–Trinajstić information content (AvgIpc) is 2.71. The number of pyridine rings is 1. The van der Waals surface area contributed by atoms with Crippen LogP contribution in [0.3, 0.4) is 0 Å². The van der Waals surface area contributed by atoms with Crippen LogP contribution in [0.5, 0.6) is 0 Å². The number of hydrogen-bond acceptors (Lipinski definition) is 6. The van der Waals surface area contributed by atoms with Gasteiger partial charge in [-0.2, -0.15) is 5.26 Å². The van der Waals surface area contributed by atoms with Gasteiger partial charge in [0.25, 0.3) is 0 Å². The van der Waals surface area contributed by atoms with Crippen LogP contribution >= 0.6 is 11.6 Å². The third kappa shape index (κ3) is 3.40. The van der Waals surface area contributed by atoms with Crippen molar-refractivity contribution in [3.63, 3.8) is 0 Å². The summed E-state index contributed by atoms with van der Waals surface area (Å²) in [6, 6.07) is 10.1. The Morgan fingerprint density at radius 2 is 2.04 bits per heavy atom. The molecule has 142 valence electrons. The summed E-state index contributed by atoms with van der Waals surface area (Å²) in [6.45, 7) is 2.81. The van der Waals surface area contributed by atoms with Crippen molar-refractivity contribution >= 4 is 45.3 Å². The molecule has 8 heteroatoms. The second-order valence-electron chi connectivity index (χ2n) is 6.44. The van der Waals surface area contributed by atoms with E-state index in [1.807, 2.05) is 6.07 Å². The number of aromatic nitrogens is 1. The van der Waals surface area contributed by atoms with Crippen molar-refractivity contribution in [1.29, 1.82) is 5.26 Å². The number of nitrogen functional groups attached to an aromatic ring is 1. The molecule has 1 saturated heterocycles. The number of fused-ring (bicyclic) bond motifs is 1. The Bertz CT molecular complexity index is 1090. The van der Waals surface area contributed by atoms with E-state index in [0.29, 0.717) is 46.7 Å². The SMILES string of the molecule is N#Cc1cnc2cc(N3CCOCC3)c(N)cc2c1Nc1ccc(F)c(Cl)c1. The first kappa shape index (κ1) is 18.3. The number of rotatable bonds is 3. The largest absolute Gasteiger partial charge is 0.397 e. The molecule has 0 amide bonds. The van der Waals surface area contributed by atoms with E-state index in [0.717, 1.165) is 18.8 Å². The maximum absolute atomic E-state index is 13.5. The molecule has 28 heavy (non-hydrogen) atoms. The molecule has 1 fully saturated rings. The molecule has 0 atom stereocenters. The van der Waals surface area contributed by atoms with Crippen molar-refractivity contribution in [2.24, 2.45) is 0 Å². The van der Waals surface area contributed by atoms with Crippen molar-refractivity contribution in [2.75, 3.05) is 42.3 Å². The van der Waals surface area contributed by atoms with Gasteiger partial charge in [-0.3, -0.25) is 4.98 Å². The van der Waals surface area contributed by atoms with E-state index in [9.17, 15) is 9.65 Å². The molecule has 2 aromatic carbocycles. The molecule has 1 aliphatic rings. The molecule has 6 nitrogen and oxygen atoms in total. The minimum Gasteiger partial charge on any atom is -0.397 e. The van der Waals surface area contributed by atoms with Gasteiger partial charge in [-0.1, -0.05) is 11.6 Å². The highest BCUT2D eigenvalue weighted by molar-refractivity contribution is 6.31. The lowest BCUT2D eigenvalue weighted by atomic mass is 10.1. The lowest BCUT2D eigenvalue weighted by Crippen LogP contribution is -2.36. The fourth-order valence-corrected chi connectivity index (χ4v) is 3.44. The fourth-order valence-electron chi connectivity index (χ4n) is 3.26. The van der Waals surface area contributed by atoms with E-state index < -0.39 is 5.82 Å². The van der Waals surface area contributed by atoms with Gasteiger partial charge >= 0.3 is 0 Å². The lowest BCUT2D eigenvalue weighted by Gasteiger charge is -2.30. The Morgan fingerprint density at radius 1 is 1.25 bits per heavy atom. The number of benzene rings is 2. The topological polar surface area (TPSA) is 87.2 Å². The van der Waals surface area contributed by atoms with Gasteiger partial charge in [0.1, 0.15) is 11.9 Å². The quantitative estimate of drug-likeness (QED) is 0.648. The molecule has 3 aromatic rings. The number of nitrogens with two attached hydrogens (primary N) is 1. The number of nitrogens with one attached hydrogen (secondary N) is 1. The Kier molecular flexibility index (Phi) is 4.90. The molecule has 3 N–H and O–H groups in total. The maximum atomic E-state index is 13.5. The molecule has 1 aromatic heterocycles. The van der Waals surface area contributed by atoms with Crippen molar-refractivity contribution < 1.29 is 9.13 Å². The predicted molar refractivity (Wildman–Crippen MR) is 109 cm³/mol. The smallest absolute Gasteiger partial charge is 0.141 e. The van der Waals surface area contributed by atoms with Gasteiger partial charge < -0.3 is 20.7 Å². The molecule has 0 spiro atoms. The fraction of sp³-hybridized carbons (Fsp3) is 0.200. The number of hydrogen-bond donors (Lipinski definition) is 2. The van der Waals surface area contributed by atoms with Gasteiger partial charge in [-0.15, -0.1) is 0 Å². The van der Waals surface area contributed by atoms with Crippen LogP contribution < -0.4 is 16.0 Å². The van der Waals surface area contributed by atoms with Crippen LogP contribution in [-0.2, 0) is 4.74 Å². The summed E-state index contributed by atoms with van der Waals surface area (Å²) in [7, 11) is 0. The Labute approximate surface area is 166 Å². The van der Waals surface area contributed by atoms with E-state index >= 15 is 0 Å². The average molecular weight is 398 g/mol. The van der Waals surface area contributed by atoms with Crippen LogP contribution in [0.15, 0.2) is 36.5 Å². The van der Waals surface area contributed by atoms with Crippen LogP contribution in [-0.4, -0.2) is 31.3 Å². The maximum Gasteiger partial charge on any atom is 0.141 e. The number of nitriles is 1. The van der Waals surface area contributed by atoms with Crippen LogP contribution in [0.2, 0.25) is 5.02 Å². The van der Waals surface area contributed by atoms with Gasteiger partial charge in [0.15, 0.2) is 0 Å². The number of anilines is 4. The van der Waals surface area contributed by atoms with E-state index in [4.69, 9.17) is 22.1 Å². The summed E-state index contributed by atoms with van der Waals surface area (Å²) < 4.78 is 18.9. The summed E-state index contributed by atoms with van der Waals surface area (Å²) in [5.74, 6) is -0.508. The molecule has 0 bridgehead atoms. The van der Waals surface area contributed by atoms with Gasteiger partial charge in [-0.25, -0.2) is 4.39 Å². The van der Waals surface area contributed by atoms with Crippen molar-refractivity contribution in [1.82, 2.24) is 4.98 Å². The van der Waals surface area contributed by atoms with Crippen LogP contribution in [0.4, 0.5) is 27.1 Å². The number of halogens is 2. The molecule has 0 radical (unpaired) electrons. The Balaban J connectivity index is 1.81. The summed E-state index contributed by atoms with van der Waals surface area (Å²) >= 11 is 5.88. The van der Waals surface area contributed by atoms with Gasteiger partial charge in [0.05, 0.1) is 46.4 Å². The third-order valence-corrected chi connectivity index (χ3v) is 4.97. The molecular formula is C20H17ClFN5O. The zero-order valence-corrected chi connectivity index (χ0v) is 15.6. The number of morpholine rings is 1. The first-order valence-electron chi connectivity index (χ1n) is 8.74. The molecular weight excluding hydrogens is 381 g/mol.